The predicted molar refractivity (Wildman–Crippen MR) is 138 cm³/mol. The van der Waals surface area contributed by atoms with Gasteiger partial charge in [0.15, 0.2) is 11.5 Å². The normalized spacial score (nSPS) is 15.8. The molecule has 1 aliphatic heterocycles. The maximum atomic E-state index is 13.1. The fraction of sp³-hybridized carbons (Fsp3) is 0.320. The average Bonchev–Trinajstić information content (AvgIpc) is 3.46. The Hall–Kier alpha value is -2.78. The number of thiophene rings is 1. The molecule has 2 heterocycles. The molecule has 0 bridgehead atoms. The van der Waals surface area contributed by atoms with Crippen LogP contribution in [0.1, 0.15) is 16.1 Å². The van der Waals surface area contributed by atoms with Crippen LogP contribution in [0.5, 0.6) is 11.5 Å². The lowest BCUT2D eigenvalue weighted by atomic mass is 10.2. The molecule has 1 atom stereocenters. The van der Waals surface area contributed by atoms with Crippen molar-refractivity contribution in [2.75, 3.05) is 51.0 Å². The molecule has 9 heteroatoms. The molecule has 7 nitrogen and oxygen atoms in total. The van der Waals surface area contributed by atoms with E-state index in [1.807, 2.05) is 30.3 Å². The Bertz CT molecular complexity index is 1140. The lowest BCUT2D eigenvalue weighted by molar-refractivity contribution is 0.103. The number of aliphatic hydroxyl groups excluding tert-OH is 1. The maximum Gasteiger partial charge on any atom is 0.267 e. The van der Waals surface area contributed by atoms with Crippen LogP contribution in [0, 0.1) is 0 Å². The topological polar surface area (TPSA) is 83.1 Å². The van der Waals surface area contributed by atoms with Crippen molar-refractivity contribution in [3.8, 4) is 21.9 Å². The van der Waals surface area contributed by atoms with Gasteiger partial charge < -0.3 is 25.2 Å². The minimum Gasteiger partial charge on any atom is -0.493 e. The minimum atomic E-state index is -0.244. The second kappa shape index (κ2) is 11.1. The highest BCUT2D eigenvalue weighted by molar-refractivity contribution is 7.18. The van der Waals surface area contributed by atoms with Gasteiger partial charge in [-0.2, -0.15) is 0 Å². The third-order valence-corrected chi connectivity index (χ3v) is 7.11. The molecule has 1 fully saturated rings. The summed E-state index contributed by atoms with van der Waals surface area (Å²) in [6, 6.07) is 14.8. The molecule has 0 spiro atoms. The molecule has 1 unspecified atom stereocenters. The number of nitrogens with one attached hydrogen (secondary N) is 2. The number of likely N-dealkylation sites (tertiary alicyclic amines) is 1. The van der Waals surface area contributed by atoms with Crippen molar-refractivity contribution in [2.24, 2.45) is 0 Å². The van der Waals surface area contributed by atoms with Crippen LogP contribution >= 0.6 is 22.9 Å². The Morgan fingerprint density at radius 1 is 1.21 bits per heavy atom. The third-order valence-electron chi connectivity index (χ3n) is 5.67. The Morgan fingerprint density at radius 2 is 2.00 bits per heavy atom. The van der Waals surface area contributed by atoms with Crippen molar-refractivity contribution >= 4 is 40.2 Å². The van der Waals surface area contributed by atoms with Gasteiger partial charge in [0.1, 0.15) is 11.5 Å². The van der Waals surface area contributed by atoms with E-state index in [0.717, 1.165) is 35.6 Å². The largest absolute Gasteiger partial charge is 0.493 e. The number of hydrogen-bond acceptors (Lipinski definition) is 7. The first-order chi connectivity index (χ1) is 16.5. The molecule has 1 saturated heterocycles. The summed E-state index contributed by atoms with van der Waals surface area (Å²) < 4.78 is 11.4. The SMILES string of the molecule is CNc1cc(-c2ccc(Cl)cc2)sc1C(=O)Nc1ccc(OCCN2CCC(O)C2)c(OC)c1. The zero-order valence-corrected chi connectivity index (χ0v) is 20.7. The van der Waals surface area contributed by atoms with Gasteiger partial charge in [-0.15, -0.1) is 11.3 Å². The molecule has 3 N–H and O–H groups in total. The molecule has 2 aromatic carbocycles. The first kappa shape index (κ1) is 24.3. The van der Waals surface area contributed by atoms with Crippen molar-refractivity contribution in [1.29, 1.82) is 0 Å². The number of rotatable bonds is 9. The second-order valence-corrected chi connectivity index (χ2v) is 9.51. The second-order valence-electron chi connectivity index (χ2n) is 8.02. The van der Waals surface area contributed by atoms with Gasteiger partial charge in [-0.3, -0.25) is 9.69 Å². The van der Waals surface area contributed by atoms with Crippen LogP contribution in [0.25, 0.3) is 10.4 Å². The molecular formula is C25H28ClN3O4S. The molecule has 0 saturated carbocycles. The summed E-state index contributed by atoms with van der Waals surface area (Å²) in [6.45, 7) is 2.79. The van der Waals surface area contributed by atoms with Gasteiger partial charge in [-0.1, -0.05) is 23.7 Å². The molecule has 34 heavy (non-hydrogen) atoms. The summed E-state index contributed by atoms with van der Waals surface area (Å²) in [7, 11) is 3.36. The standard InChI is InChI=1S/C25H28ClN3O4S/c1-27-20-14-23(16-3-5-17(26)6-4-16)34-24(20)25(31)28-18-7-8-21(22(13-18)32-2)33-12-11-29-10-9-19(30)15-29/h3-8,13-14,19,27,30H,9-12,15H2,1-2H3,(H,28,31). The number of ether oxygens (including phenoxy) is 2. The van der Waals surface area contributed by atoms with Crippen LogP contribution in [-0.2, 0) is 0 Å². The molecule has 3 aromatic rings. The van der Waals surface area contributed by atoms with Gasteiger partial charge in [0.05, 0.1) is 18.9 Å². The smallest absolute Gasteiger partial charge is 0.267 e. The van der Waals surface area contributed by atoms with Gasteiger partial charge in [-0.05, 0) is 42.3 Å². The minimum absolute atomic E-state index is 0.210. The average molecular weight is 502 g/mol. The number of carbonyl (C=O) groups is 1. The number of hydrogen-bond donors (Lipinski definition) is 3. The number of benzene rings is 2. The number of nitrogens with zero attached hydrogens (tertiary/aromatic N) is 1. The van der Waals surface area contributed by atoms with Gasteiger partial charge in [-0.25, -0.2) is 0 Å². The van der Waals surface area contributed by atoms with Crippen LogP contribution < -0.4 is 20.1 Å². The van der Waals surface area contributed by atoms with Crippen molar-refractivity contribution < 1.29 is 19.4 Å². The maximum absolute atomic E-state index is 13.1. The van der Waals surface area contributed by atoms with Crippen molar-refractivity contribution in [3.05, 3.63) is 58.4 Å². The zero-order chi connectivity index (χ0) is 24.1. The fourth-order valence-corrected chi connectivity index (χ4v) is 5.05. The van der Waals surface area contributed by atoms with Crippen LogP contribution in [0.15, 0.2) is 48.5 Å². The molecule has 180 valence electrons. The summed E-state index contributed by atoms with van der Waals surface area (Å²) in [5.41, 5.74) is 2.36. The Balaban J connectivity index is 1.42. The van der Waals surface area contributed by atoms with E-state index in [9.17, 15) is 9.90 Å². The lowest BCUT2D eigenvalue weighted by Gasteiger charge is -2.17. The number of methoxy groups -OCH3 is 1. The number of halogens is 1. The van der Waals surface area contributed by atoms with Crippen molar-refractivity contribution in [1.82, 2.24) is 4.90 Å². The number of aliphatic hydroxyl groups is 1. The van der Waals surface area contributed by atoms with Crippen LogP contribution in [0.3, 0.4) is 0 Å². The highest BCUT2D eigenvalue weighted by Gasteiger charge is 2.20. The number of amides is 1. The number of anilines is 2. The van der Waals surface area contributed by atoms with Crippen LogP contribution in [-0.4, -0.2) is 62.4 Å². The zero-order valence-electron chi connectivity index (χ0n) is 19.1. The van der Waals surface area contributed by atoms with Crippen molar-refractivity contribution in [2.45, 2.75) is 12.5 Å². The summed E-state index contributed by atoms with van der Waals surface area (Å²) in [5.74, 6) is 0.941. The summed E-state index contributed by atoms with van der Waals surface area (Å²) in [6.07, 6.45) is 0.560. The van der Waals surface area contributed by atoms with E-state index < -0.39 is 0 Å². The molecular weight excluding hydrogens is 474 g/mol. The number of carbonyl (C=O) groups excluding carboxylic acids is 1. The van der Waals surface area contributed by atoms with E-state index >= 15 is 0 Å². The van der Waals surface area contributed by atoms with Crippen LogP contribution in [0.2, 0.25) is 5.02 Å². The molecule has 1 aliphatic rings. The van der Waals surface area contributed by atoms with Gasteiger partial charge in [0.2, 0.25) is 0 Å². The monoisotopic (exact) mass is 501 g/mol. The molecule has 0 radical (unpaired) electrons. The number of β-amino-alcohol motifs (C(OH)–C–C–N with tert-alkyl or cyclic N) is 1. The summed E-state index contributed by atoms with van der Waals surface area (Å²) in [4.78, 5) is 16.8. The lowest BCUT2D eigenvalue weighted by Crippen LogP contribution is -2.27. The quantitative estimate of drug-likeness (QED) is 0.390. The summed E-state index contributed by atoms with van der Waals surface area (Å²) in [5, 5.41) is 16.4. The van der Waals surface area contributed by atoms with E-state index in [1.165, 1.54) is 11.3 Å². The van der Waals surface area contributed by atoms with Crippen LogP contribution in [0.4, 0.5) is 11.4 Å². The van der Waals surface area contributed by atoms with Gasteiger partial charge >= 0.3 is 0 Å². The predicted octanol–water partition coefficient (Wildman–Crippen LogP) is 4.82. The van der Waals surface area contributed by atoms with E-state index in [-0.39, 0.29) is 12.0 Å². The molecule has 1 aromatic heterocycles. The van der Waals surface area contributed by atoms with E-state index in [4.69, 9.17) is 21.1 Å². The highest BCUT2D eigenvalue weighted by Crippen LogP contribution is 2.36. The first-order valence-electron chi connectivity index (χ1n) is 11.1. The molecule has 1 amide bonds. The van der Waals surface area contributed by atoms with E-state index in [0.29, 0.717) is 40.2 Å². The molecule has 4 rings (SSSR count). The Kier molecular flexibility index (Phi) is 7.95. The van der Waals surface area contributed by atoms with E-state index in [1.54, 1.807) is 32.4 Å². The highest BCUT2D eigenvalue weighted by atomic mass is 35.5. The first-order valence-corrected chi connectivity index (χ1v) is 12.3. The van der Waals surface area contributed by atoms with E-state index in [2.05, 4.69) is 15.5 Å². The Morgan fingerprint density at radius 3 is 2.68 bits per heavy atom. The Labute approximate surface area is 208 Å². The van der Waals surface area contributed by atoms with Crippen molar-refractivity contribution in [3.63, 3.8) is 0 Å². The summed E-state index contributed by atoms with van der Waals surface area (Å²) >= 11 is 7.41. The van der Waals surface area contributed by atoms with Gasteiger partial charge in [0, 0.05) is 48.3 Å². The van der Waals surface area contributed by atoms with Gasteiger partial charge in [0.25, 0.3) is 5.91 Å². The molecule has 0 aliphatic carbocycles. The fourth-order valence-electron chi connectivity index (χ4n) is 3.85. The third kappa shape index (κ3) is 5.82.